The van der Waals surface area contributed by atoms with Gasteiger partial charge in [0.15, 0.2) is 5.79 Å². The van der Waals surface area contributed by atoms with Gasteiger partial charge in [0.2, 0.25) is 0 Å². The Labute approximate surface area is 92.0 Å². The molecule has 1 unspecified atom stereocenters. The minimum Gasteiger partial charge on any atom is -0.347 e. The summed E-state index contributed by atoms with van der Waals surface area (Å²) in [6.07, 6.45) is 7.70. The molecule has 1 heterocycles. The van der Waals surface area contributed by atoms with Crippen molar-refractivity contribution in [3.63, 3.8) is 0 Å². The monoisotopic (exact) mass is 208 g/mol. The Bertz CT molecular complexity index is 283. The van der Waals surface area contributed by atoms with Crippen LogP contribution in [0.1, 0.15) is 27.2 Å². The third-order valence-corrected chi connectivity index (χ3v) is 3.35. The summed E-state index contributed by atoms with van der Waals surface area (Å²) in [4.78, 5) is 0. The molecule has 2 nitrogen and oxygen atoms in total. The van der Waals surface area contributed by atoms with Crippen LogP contribution in [0.3, 0.4) is 0 Å². The highest BCUT2D eigenvalue weighted by molar-refractivity contribution is 5.23. The van der Waals surface area contributed by atoms with Crippen molar-refractivity contribution >= 4 is 0 Å². The molecule has 1 saturated heterocycles. The molecule has 84 valence electrons. The van der Waals surface area contributed by atoms with E-state index in [1.54, 1.807) is 0 Å². The molecular formula is C13H20O2. The Morgan fingerprint density at radius 2 is 2.00 bits per heavy atom. The van der Waals surface area contributed by atoms with Gasteiger partial charge >= 0.3 is 0 Å². The van der Waals surface area contributed by atoms with E-state index in [0.717, 1.165) is 19.6 Å². The smallest absolute Gasteiger partial charge is 0.177 e. The zero-order chi connectivity index (χ0) is 10.9. The highest BCUT2D eigenvalue weighted by Gasteiger charge is 2.45. The van der Waals surface area contributed by atoms with E-state index in [4.69, 9.17) is 9.47 Å². The van der Waals surface area contributed by atoms with Crippen molar-refractivity contribution in [3.05, 3.63) is 23.8 Å². The standard InChI is InChI=1S/C13H20O2/c1-10(2)13(14-8-9-15-13)12-6-4-11(3)5-7-12/h4-6,10,12H,7-9H2,1-3H3. The third kappa shape index (κ3) is 1.88. The Morgan fingerprint density at radius 1 is 1.33 bits per heavy atom. The van der Waals surface area contributed by atoms with E-state index in [2.05, 4.69) is 39.0 Å². The van der Waals surface area contributed by atoms with Crippen LogP contribution >= 0.6 is 0 Å². The number of rotatable bonds is 2. The van der Waals surface area contributed by atoms with E-state index >= 15 is 0 Å². The van der Waals surface area contributed by atoms with Crippen LogP contribution in [0.2, 0.25) is 0 Å². The van der Waals surface area contributed by atoms with E-state index < -0.39 is 0 Å². The van der Waals surface area contributed by atoms with Gasteiger partial charge in [0.25, 0.3) is 0 Å². The summed E-state index contributed by atoms with van der Waals surface area (Å²) in [7, 11) is 0. The lowest BCUT2D eigenvalue weighted by Crippen LogP contribution is -2.43. The second kappa shape index (κ2) is 4.11. The molecule has 0 spiro atoms. The lowest BCUT2D eigenvalue weighted by Gasteiger charge is -2.38. The molecule has 0 bridgehead atoms. The molecule has 0 aromatic carbocycles. The molecule has 0 N–H and O–H groups in total. The molecule has 2 aliphatic rings. The molecule has 1 aliphatic heterocycles. The van der Waals surface area contributed by atoms with Gasteiger partial charge < -0.3 is 9.47 Å². The lowest BCUT2D eigenvalue weighted by molar-refractivity contribution is -0.213. The molecule has 0 radical (unpaired) electrons. The predicted octanol–water partition coefficient (Wildman–Crippen LogP) is 2.91. The first-order chi connectivity index (χ1) is 7.15. The molecule has 1 atom stereocenters. The molecule has 1 aliphatic carbocycles. The van der Waals surface area contributed by atoms with Gasteiger partial charge in [-0.1, -0.05) is 37.6 Å². The van der Waals surface area contributed by atoms with Crippen LogP contribution in [-0.2, 0) is 9.47 Å². The highest BCUT2D eigenvalue weighted by atomic mass is 16.7. The highest BCUT2D eigenvalue weighted by Crippen LogP contribution is 2.39. The molecule has 2 heteroatoms. The molecule has 0 saturated carbocycles. The van der Waals surface area contributed by atoms with Gasteiger partial charge in [-0.25, -0.2) is 0 Å². The number of ether oxygens (including phenoxy) is 2. The zero-order valence-electron chi connectivity index (χ0n) is 9.82. The lowest BCUT2D eigenvalue weighted by atomic mass is 9.83. The second-order valence-corrected chi connectivity index (χ2v) is 4.72. The largest absolute Gasteiger partial charge is 0.347 e. The number of hydrogen-bond donors (Lipinski definition) is 0. The number of allylic oxidation sites excluding steroid dienone is 3. The Hall–Kier alpha value is -0.600. The maximum atomic E-state index is 5.87. The van der Waals surface area contributed by atoms with Crippen molar-refractivity contribution in [3.8, 4) is 0 Å². The maximum Gasteiger partial charge on any atom is 0.177 e. The van der Waals surface area contributed by atoms with Crippen molar-refractivity contribution < 1.29 is 9.47 Å². The fourth-order valence-electron chi connectivity index (χ4n) is 2.45. The van der Waals surface area contributed by atoms with Gasteiger partial charge in [0, 0.05) is 11.8 Å². The summed E-state index contributed by atoms with van der Waals surface area (Å²) in [6, 6.07) is 0. The van der Waals surface area contributed by atoms with Crippen molar-refractivity contribution in [2.75, 3.05) is 13.2 Å². The average Bonchev–Trinajstić information content (AvgIpc) is 2.69. The molecule has 0 aromatic heterocycles. The van der Waals surface area contributed by atoms with Crippen molar-refractivity contribution in [2.45, 2.75) is 33.0 Å². The Morgan fingerprint density at radius 3 is 2.47 bits per heavy atom. The molecule has 2 rings (SSSR count). The maximum absolute atomic E-state index is 5.87. The van der Waals surface area contributed by atoms with E-state index in [1.807, 2.05) is 0 Å². The fraction of sp³-hybridized carbons (Fsp3) is 0.692. The van der Waals surface area contributed by atoms with Crippen LogP contribution < -0.4 is 0 Å². The normalized spacial score (nSPS) is 29.6. The van der Waals surface area contributed by atoms with Gasteiger partial charge in [0.05, 0.1) is 13.2 Å². The SMILES string of the molecule is CC1=CCC(C2(C(C)C)OCCO2)C=C1. The fourth-order valence-corrected chi connectivity index (χ4v) is 2.45. The van der Waals surface area contributed by atoms with E-state index in [0.29, 0.717) is 11.8 Å². The summed E-state index contributed by atoms with van der Waals surface area (Å²) < 4.78 is 11.7. The first-order valence-electron chi connectivity index (χ1n) is 5.78. The van der Waals surface area contributed by atoms with Crippen molar-refractivity contribution in [1.82, 2.24) is 0 Å². The van der Waals surface area contributed by atoms with E-state index in [1.165, 1.54) is 5.57 Å². The minimum atomic E-state index is -0.381. The van der Waals surface area contributed by atoms with E-state index in [9.17, 15) is 0 Å². The van der Waals surface area contributed by atoms with Gasteiger partial charge in [-0.2, -0.15) is 0 Å². The van der Waals surface area contributed by atoms with Crippen LogP contribution in [-0.4, -0.2) is 19.0 Å². The van der Waals surface area contributed by atoms with Gasteiger partial charge in [-0.05, 0) is 13.3 Å². The first kappa shape index (κ1) is 10.9. The molecule has 0 aromatic rings. The predicted molar refractivity (Wildman–Crippen MR) is 60.5 cm³/mol. The first-order valence-corrected chi connectivity index (χ1v) is 5.78. The van der Waals surface area contributed by atoms with E-state index in [-0.39, 0.29) is 5.79 Å². The minimum absolute atomic E-state index is 0.365. The quantitative estimate of drug-likeness (QED) is 0.694. The average molecular weight is 208 g/mol. The van der Waals surface area contributed by atoms with Crippen LogP contribution in [0, 0.1) is 11.8 Å². The second-order valence-electron chi connectivity index (χ2n) is 4.72. The summed E-state index contributed by atoms with van der Waals surface area (Å²) in [5.41, 5.74) is 1.34. The van der Waals surface area contributed by atoms with Crippen LogP contribution in [0.4, 0.5) is 0 Å². The summed E-state index contributed by atoms with van der Waals surface area (Å²) in [6.45, 7) is 7.93. The van der Waals surface area contributed by atoms with Crippen LogP contribution in [0.25, 0.3) is 0 Å². The van der Waals surface area contributed by atoms with Crippen molar-refractivity contribution in [2.24, 2.45) is 11.8 Å². The summed E-state index contributed by atoms with van der Waals surface area (Å²) >= 11 is 0. The molecule has 0 amide bonds. The van der Waals surface area contributed by atoms with Gasteiger partial charge in [-0.15, -0.1) is 0 Å². The van der Waals surface area contributed by atoms with Crippen LogP contribution in [0.15, 0.2) is 23.8 Å². The topological polar surface area (TPSA) is 18.5 Å². The van der Waals surface area contributed by atoms with Gasteiger partial charge in [-0.3, -0.25) is 0 Å². The van der Waals surface area contributed by atoms with Crippen molar-refractivity contribution in [1.29, 1.82) is 0 Å². The molecule has 1 fully saturated rings. The molecular weight excluding hydrogens is 188 g/mol. The summed E-state index contributed by atoms with van der Waals surface area (Å²) in [5.74, 6) is 0.374. The summed E-state index contributed by atoms with van der Waals surface area (Å²) in [5, 5.41) is 0. The Kier molecular flexibility index (Phi) is 2.98. The number of hydrogen-bond acceptors (Lipinski definition) is 2. The van der Waals surface area contributed by atoms with Crippen LogP contribution in [0.5, 0.6) is 0 Å². The third-order valence-electron chi connectivity index (χ3n) is 3.35. The Balaban J connectivity index is 2.17. The molecule has 15 heavy (non-hydrogen) atoms. The van der Waals surface area contributed by atoms with Gasteiger partial charge in [0.1, 0.15) is 0 Å². The zero-order valence-corrected chi connectivity index (χ0v) is 9.82.